The minimum atomic E-state index is 0.397. The van der Waals surface area contributed by atoms with Crippen molar-refractivity contribution in [1.29, 1.82) is 0 Å². The monoisotopic (exact) mass is 265 g/mol. The largest absolute Gasteiger partial charge is 0.339 e. The molecule has 4 nitrogen and oxygen atoms in total. The first-order chi connectivity index (χ1) is 9.22. The molecule has 1 aliphatic rings. The van der Waals surface area contributed by atoms with Gasteiger partial charge in [0.1, 0.15) is 0 Å². The van der Waals surface area contributed by atoms with Gasteiger partial charge >= 0.3 is 0 Å². The van der Waals surface area contributed by atoms with E-state index in [1.807, 2.05) is 0 Å². The van der Waals surface area contributed by atoms with Gasteiger partial charge in [-0.05, 0) is 45.1 Å². The first-order valence-corrected chi connectivity index (χ1v) is 7.78. The van der Waals surface area contributed by atoms with Gasteiger partial charge in [0.05, 0.1) is 0 Å². The Kier molecular flexibility index (Phi) is 5.37. The van der Waals surface area contributed by atoms with E-state index in [1.165, 1.54) is 32.1 Å². The molecule has 0 radical (unpaired) electrons. The fourth-order valence-corrected chi connectivity index (χ4v) is 3.03. The molecule has 0 saturated heterocycles. The molecule has 1 unspecified atom stereocenters. The zero-order chi connectivity index (χ0) is 13.7. The molecule has 19 heavy (non-hydrogen) atoms. The van der Waals surface area contributed by atoms with E-state index in [0.29, 0.717) is 12.0 Å². The molecule has 1 saturated carbocycles. The minimum absolute atomic E-state index is 0.397. The van der Waals surface area contributed by atoms with Crippen LogP contribution in [0.5, 0.6) is 0 Å². The SMILES string of the molecule is CCNC(C)Cc1nc(C2CCC(CC)CC2)no1. The molecule has 1 N–H and O–H groups in total. The van der Waals surface area contributed by atoms with Crippen LogP contribution in [0.4, 0.5) is 0 Å². The molecule has 4 heteroatoms. The lowest BCUT2D eigenvalue weighted by Crippen LogP contribution is -2.27. The summed E-state index contributed by atoms with van der Waals surface area (Å²) in [4.78, 5) is 4.59. The molecule has 108 valence electrons. The lowest BCUT2D eigenvalue weighted by molar-refractivity contribution is 0.302. The summed E-state index contributed by atoms with van der Waals surface area (Å²) >= 11 is 0. The molecular weight excluding hydrogens is 238 g/mol. The highest BCUT2D eigenvalue weighted by Gasteiger charge is 2.25. The van der Waals surface area contributed by atoms with E-state index in [4.69, 9.17) is 4.52 Å². The summed E-state index contributed by atoms with van der Waals surface area (Å²) in [5.41, 5.74) is 0. The fraction of sp³-hybridized carbons (Fsp3) is 0.867. The predicted octanol–water partition coefficient (Wildman–Crippen LogP) is 3.29. The second-order valence-electron chi connectivity index (χ2n) is 5.84. The average molecular weight is 265 g/mol. The summed E-state index contributed by atoms with van der Waals surface area (Å²) in [7, 11) is 0. The first kappa shape index (κ1) is 14.5. The van der Waals surface area contributed by atoms with Crippen molar-refractivity contribution in [3.63, 3.8) is 0 Å². The van der Waals surface area contributed by atoms with Crippen LogP contribution >= 0.6 is 0 Å². The molecule has 1 aromatic rings. The second kappa shape index (κ2) is 7.04. The van der Waals surface area contributed by atoms with Crippen molar-refractivity contribution in [2.75, 3.05) is 6.54 Å². The fourth-order valence-electron chi connectivity index (χ4n) is 3.03. The Labute approximate surface area is 116 Å². The maximum Gasteiger partial charge on any atom is 0.228 e. The Morgan fingerprint density at radius 1 is 1.26 bits per heavy atom. The second-order valence-corrected chi connectivity index (χ2v) is 5.84. The highest BCUT2D eigenvalue weighted by atomic mass is 16.5. The van der Waals surface area contributed by atoms with Crippen molar-refractivity contribution in [2.45, 2.75) is 71.3 Å². The van der Waals surface area contributed by atoms with E-state index >= 15 is 0 Å². The maximum atomic E-state index is 5.39. The van der Waals surface area contributed by atoms with Crippen molar-refractivity contribution >= 4 is 0 Å². The van der Waals surface area contributed by atoms with Crippen LogP contribution in [0.2, 0.25) is 0 Å². The molecule has 0 spiro atoms. The van der Waals surface area contributed by atoms with Crippen molar-refractivity contribution in [3.8, 4) is 0 Å². The quantitative estimate of drug-likeness (QED) is 0.857. The third kappa shape index (κ3) is 4.03. The van der Waals surface area contributed by atoms with E-state index in [-0.39, 0.29) is 0 Å². The normalized spacial score (nSPS) is 25.4. The standard InChI is InChI=1S/C15H27N3O/c1-4-12-6-8-13(9-7-12)15-17-14(19-18-15)10-11(3)16-5-2/h11-13,16H,4-10H2,1-3H3. The summed E-state index contributed by atoms with van der Waals surface area (Å²) in [6, 6.07) is 0.397. The van der Waals surface area contributed by atoms with E-state index in [2.05, 4.69) is 36.2 Å². The van der Waals surface area contributed by atoms with Crippen LogP contribution in [0.25, 0.3) is 0 Å². The summed E-state index contributed by atoms with van der Waals surface area (Å²) in [5, 5.41) is 7.56. The number of hydrogen-bond donors (Lipinski definition) is 1. The van der Waals surface area contributed by atoms with Gasteiger partial charge in [0.25, 0.3) is 0 Å². The van der Waals surface area contributed by atoms with Gasteiger partial charge in [-0.3, -0.25) is 0 Å². The molecule has 0 aliphatic heterocycles. The zero-order valence-corrected chi connectivity index (χ0v) is 12.5. The lowest BCUT2D eigenvalue weighted by atomic mass is 9.80. The molecule has 1 atom stereocenters. The van der Waals surface area contributed by atoms with Crippen LogP contribution in [-0.4, -0.2) is 22.7 Å². The Hall–Kier alpha value is -0.900. The smallest absolute Gasteiger partial charge is 0.228 e. The van der Waals surface area contributed by atoms with E-state index in [0.717, 1.165) is 30.6 Å². The number of nitrogens with zero attached hydrogens (tertiary/aromatic N) is 2. The summed E-state index contributed by atoms with van der Waals surface area (Å²) in [6.45, 7) is 7.53. The molecule has 0 aromatic carbocycles. The first-order valence-electron chi connectivity index (χ1n) is 7.78. The van der Waals surface area contributed by atoms with Crippen molar-refractivity contribution in [1.82, 2.24) is 15.5 Å². The lowest BCUT2D eigenvalue weighted by Gasteiger charge is -2.25. The third-order valence-corrected chi connectivity index (χ3v) is 4.31. The molecule has 1 aromatic heterocycles. The van der Waals surface area contributed by atoms with E-state index in [9.17, 15) is 0 Å². The molecule has 0 bridgehead atoms. The van der Waals surface area contributed by atoms with Gasteiger partial charge in [0.2, 0.25) is 5.89 Å². The highest BCUT2D eigenvalue weighted by molar-refractivity contribution is 4.98. The Morgan fingerprint density at radius 3 is 2.63 bits per heavy atom. The zero-order valence-electron chi connectivity index (χ0n) is 12.5. The van der Waals surface area contributed by atoms with Gasteiger partial charge in [-0.15, -0.1) is 0 Å². The third-order valence-electron chi connectivity index (χ3n) is 4.31. The minimum Gasteiger partial charge on any atom is -0.339 e. The molecule has 0 amide bonds. The average Bonchev–Trinajstić information content (AvgIpc) is 2.87. The molecule has 1 fully saturated rings. The van der Waals surface area contributed by atoms with Crippen LogP contribution in [-0.2, 0) is 6.42 Å². The maximum absolute atomic E-state index is 5.39. The Balaban J connectivity index is 1.87. The van der Waals surface area contributed by atoms with Crippen LogP contribution in [0.15, 0.2) is 4.52 Å². The van der Waals surface area contributed by atoms with Crippen molar-refractivity contribution in [3.05, 3.63) is 11.7 Å². The van der Waals surface area contributed by atoms with E-state index in [1.54, 1.807) is 0 Å². The summed E-state index contributed by atoms with van der Waals surface area (Å²) in [5.74, 6) is 3.15. The van der Waals surface area contributed by atoms with Gasteiger partial charge in [-0.25, -0.2) is 0 Å². The van der Waals surface area contributed by atoms with Gasteiger partial charge < -0.3 is 9.84 Å². The van der Waals surface area contributed by atoms with Crippen LogP contribution < -0.4 is 5.32 Å². The van der Waals surface area contributed by atoms with Gasteiger partial charge in [-0.1, -0.05) is 25.4 Å². The molecule has 1 heterocycles. The number of aromatic nitrogens is 2. The van der Waals surface area contributed by atoms with E-state index < -0.39 is 0 Å². The van der Waals surface area contributed by atoms with Crippen molar-refractivity contribution < 1.29 is 4.52 Å². The molecular formula is C15H27N3O. The number of nitrogens with one attached hydrogen (secondary N) is 1. The van der Waals surface area contributed by atoms with Crippen molar-refractivity contribution in [2.24, 2.45) is 5.92 Å². The van der Waals surface area contributed by atoms with Crippen LogP contribution in [0.3, 0.4) is 0 Å². The van der Waals surface area contributed by atoms with Gasteiger partial charge in [-0.2, -0.15) is 4.98 Å². The Morgan fingerprint density at radius 2 is 2.00 bits per heavy atom. The Bertz CT molecular complexity index is 369. The number of likely N-dealkylation sites (N-methyl/N-ethyl adjacent to an activating group) is 1. The highest BCUT2D eigenvalue weighted by Crippen LogP contribution is 2.35. The van der Waals surface area contributed by atoms with Gasteiger partial charge in [0.15, 0.2) is 5.82 Å². The molecule has 2 rings (SSSR count). The van der Waals surface area contributed by atoms with Crippen LogP contribution in [0.1, 0.15) is 70.5 Å². The summed E-state index contributed by atoms with van der Waals surface area (Å²) < 4.78 is 5.39. The van der Waals surface area contributed by atoms with Gasteiger partial charge in [0, 0.05) is 18.4 Å². The molecule has 1 aliphatic carbocycles. The number of rotatable bonds is 6. The number of hydrogen-bond acceptors (Lipinski definition) is 4. The topological polar surface area (TPSA) is 51.0 Å². The summed E-state index contributed by atoms with van der Waals surface area (Å²) in [6.07, 6.45) is 7.22. The predicted molar refractivity (Wildman–Crippen MR) is 76.1 cm³/mol. The van der Waals surface area contributed by atoms with Crippen LogP contribution in [0, 0.1) is 5.92 Å².